The number of hydrogen-bond acceptors (Lipinski definition) is 6. The molecule has 0 amide bonds. The SMILES string of the molecule is C=C1C[C@H]2O[C@@H]3[C@@H]4[C@H](CC[C@@](C)(O)[C@@H]42)[C@H](C)CO[C@]3(C)[C@@H](OC(=O)CCCCCCC)C[C@@H]1O. The fourth-order valence-corrected chi connectivity index (χ4v) is 7.33. The van der Waals surface area contributed by atoms with Crippen LogP contribution in [0.1, 0.15) is 91.9 Å². The van der Waals surface area contributed by atoms with E-state index in [2.05, 4.69) is 20.4 Å². The van der Waals surface area contributed by atoms with E-state index in [0.717, 1.165) is 32.1 Å². The molecule has 1 aliphatic carbocycles. The van der Waals surface area contributed by atoms with Gasteiger partial charge >= 0.3 is 5.97 Å². The Morgan fingerprint density at radius 2 is 1.97 bits per heavy atom. The molecular weight excluding hydrogens is 432 g/mol. The minimum Gasteiger partial charge on any atom is -0.459 e. The second-order valence-corrected chi connectivity index (χ2v) is 12.0. The lowest BCUT2D eigenvalue weighted by atomic mass is 9.58. The monoisotopic (exact) mass is 478 g/mol. The van der Waals surface area contributed by atoms with E-state index in [-0.39, 0.29) is 36.4 Å². The van der Waals surface area contributed by atoms with Gasteiger partial charge in [0.05, 0.1) is 30.5 Å². The Kier molecular flexibility index (Phi) is 7.83. The molecule has 3 aliphatic heterocycles. The number of ether oxygens (including phenoxy) is 3. The summed E-state index contributed by atoms with van der Waals surface area (Å²) in [5.74, 6) is 0.527. The van der Waals surface area contributed by atoms with Crippen LogP contribution in [-0.4, -0.2) is 58.4 Å². The summed E-state index contributed by atoms with van der Waals surface area (Å²) in [6.07, 6.45) is 6.15. The third-order valence-corrected chi connectivity index (χ3v) is 9.41. The van der Waals surface area contributed by atoms with E-state index in [1.165, 1.54) is 12.8 Å². The molecule has 34 heavy (non-hydrogen) atoms. The Balaban J connectivity index is 1.63. The van der Waals surface area contributed by atoms with Gasteiger partial charge in [-0.25, -0.2) is 0 Å². The number of aliphatic hydroxyl groups is 2. The summed E-state index contributed by atoms with van der Waals surface area (Å²) in [5.41, 5.74) is -1.06. The fraction of sp³-hybridized carbons (Fsp3) is 0.893. The predicted octanol–water partition coefficient (Wildman–Crippen LogP) is 4.56. The molecule has 0 unspecified atom stereocenters. The molecule has 2 bridgehead atoms. The second-order valence-electron chi connectivity index (χ2n) is 12.0. The maximum atomic E-state index is 12.9. The first kappa shape index (κ1) is 26.1. The summed E-state index contributed by atoms with van der Waals surface area (Å²) < 4.78 is 19.4. The molecule has 3 heterocycles. The first-order valence-electron chi connectivity index (χ1n) is 13.7. The van der Waals surface area contributed by atoms with Gasteiger partial charge < -0.3 is 24.4 Å². The molecule has 0 aromatic rings. The summed E-state index contributed by atoms with van der Waals surface area (Å²) in [7, 11) is 0. The van der Waals surface area contributed by atoms with Crippen LogP contribution in [0.5, 0.6) is 0 Å². The van der Waals surface area contributed by atoms with Crippen LogP contribution in [0.4, 0.5) is 0 Å². The molecular formula is C28H46O6. The number of unbranched alkanes of at least 4 members (excludes halogenated alkanes) is 4. The summed E-state index contributed by atoms with van der Waals surface area (Å²) in [4.78, 5) is 12.9. The third-order valence-electron chi connectivity index (χ3n) is 9.41. The summed E-state index contributed by atoms with van der Waals surface area (Å²) in [6, 6.07) is 0. The molecule has 194 valence electrons. The molecule has 2 N–H and O–H groups in total. The van der Waals surface area contributed by atoms with Crippen LogP contribution in [0.25, 0.3) is 0 Å². The highest BCUT2D eigenvalue weighted by atomic mass is 16.6. The average Bonchev–Trinajstić information content (AvgIpc) is 3.13. The number of hydrogen-bond donors (Lipinski definition) is 2. The van der Waals surface area contributed by atoms with Crippen molar-refractivity contribution in [1.82, 2.24) is 0 Å². The summed E-state index contributed by atoms with van der Waals surface area (Å²) in [5, 5.41) is 22.5. The zero-order chi connectivity index (χ0) is 24.7. The maximum absolute atomic E-state index is 12.9. The number of esters is 1. The molecule has 4 rings (SSSR count). The largest absolute Gasteiger partial charge is 0.459 e. The molecule has 0 aromatic carbocycles. The number of rotatable bonds is 7. The molecule has 1 saturated carbocycles. The van der Waals surface area contributed by atoms with E-state index >= 15 is 0 Å². The Bertz CT molecular complexity index is 749. The van der Waals surface area contributed by atoms with Gasteiger partial charge in [0.2, 0.25) is 0 Å². The van der Waals surface area contributed by atoms with E-state index in [9.17, 15) is 15.0 Å². The molecule has 6 nitrogen and oxygen atoms in total. The van der Waals surface area contributed by atoms with Gasteiger partial charge in [0.25, 0.3) is 0 Å². The standard InChI is InChI=1S/C28H46O6/c1-6-7-8-9-10-11-23(30)34-22-15-20(29)17(2)14-21-25-24-19(12-13-27(25,4)31)18(3)16-32-28(22,5)26(24)33-21/h18-22,24-26,29,31H,2,6-16H2,1,3-5H3/t18-,19-,20+,21-,22+,24-,25-,26-,27-,28-/m1/s1. The van der Waals surface area contributed by atoms with E-state index < -0.39 is 23.4 Å². The fourth-order valence-electron chi connectivity index (χ4n) is 7.33. The van der Waals surface area contributed by atoms with Gasteiger partial charge in [-0.05, 0) is 62.9 Å². The van der Waals surface area contributed by atoms with Crippen LogP contribution >= 0.6 is 0 Å². The lowest BCUT2D eigenvalue weighted by Gasteiger charge is -2.48. The Labute approximate surface area is 205 Å². The van der Waals surface area contributed by atoms with Crippen molar-refractivity contribution < 1.29 is 29.2 Å². The number of carbonyl (C=O) groups excluding carboxylic acids is 1. The van der Waals surface area contributed by atoms with Gasteiger partial charge in [-0.2, -0.15) is 0 Å². The zero-order valence-electron chi connectivity index (χ0n) is 21.6. The van der Waals surface area contributed by atoms with Crippen LogP contribution in [-0.2, 0) is 19.0 Å². The van der Waals surface area contributed by atoms with E-state index in [0.29, 0.717) is 36.9 Å². The molecule has 0 radical (unpaired) electrons. The average molecular weight is 479 g/mol. The van der Waals surface area contributed by atoms with Crippen LogP contribution < -0.4 is 0 Å². The predicted molar refractivity (Wildman–Crippen MR) is 130 cm³/mol. The Hall–Kier alpha value is -0.950. The quantitative estimate of drug-likeness (QED) is 0.317. The molecule has 0 aromatic heterocycles. The van der Waals surface area contributed by atoms with E-state index in [4.69, 9.17) is 14.2 Å². The molecule has 6 heteroatoms. The van der Waals surface area contributed by atoms with Crippen molar-refractivity contribution in [2.45, 2.75) is 128 Å². The highest BCUT2D eigenvalue weighted by molar-refractivity contribution is 5.69. The van der Waals surface area contributed by atoms with Crippen LogP contribution in [0.3, 0.4) is 0 Å². The third kappa shape index (κ3) is 4.85. The highest BCUT2D eigenvalue weighted by Crippen LogP contribution is 2.58. The van der Waals surface area contributed by atoms with Gasteiger partial charge in [-0.15, -0.1) is 0 Å². The molecule has 3 saturated heterocycles. The smallest absolute Gasteiger partial charge is 0.306 e. The lowest BCUT2D eigenvalue weighted by Crippen LogP contribution is -2.58. The number of aliphatic hydroxyl groups excluding tert-OH is 1. The van der Waals surface area contributed by atoms with Crippen molar-refractivity contribution in [1.29, 1.82) is 0 Å². The minimum atomic E-state index is -0.891. The topological polar surface area (TPSA) is 85.2 Å². The van der Waals surface area contributed by atoms with Crippen molar-refractivity contribution in [2.75, 3.05) is 6.61 Å². The zero-order valence-corrected chi connectivity index (χ0v) is 21.6. The maximum Gasteiger partial charge on any atom is 0.306 e. The van der Waals surface area contributed by atoms with Crippen LogP contribution in [0.2, 0.25) is 0 Å². The first-order valence-corrected chi connectivity index (χ1v) is 13.7. The van der Waals surface area contributed by atoms with Crippen molar-refractivity contribution in [3.05, 3.63) is 12.2 Å². The first-order chi connectivity index (χ1) is 16.1. The van der Waals surface area contributed by atoms with Gasteiger partial charge in [-0.3, -0.25) is 4.79 Å². The Morgan fingerprint density at radius 3 is 2.71 bits per heavy atom. The van der Waals surface area contributed by atoms with Gasteiger partial charge in [0.1, 0.15) is 11.7 Å². The summed E-state index contributed by atoms with van der Waals surface area (Å²) in [6.45, 7) is 13.0. The van der Waals surface area contributed by atoms with Crippen LogP contribution in [0.15, 0.2) is 12.2 Å². The lowest BCUT2D eigenvalue weighted by molar-refractivity contribution is -0.205. The van der Waals surface area contributed by atoms with Gasteiger partial charge in [0.15, 0.2) is 0 Å². The van der Waals surface area contributed by atoms with Crippen molar-refractivity contribution in [2.24, 2.45) is 23.7 Å². The molecule has 4 fully saturated rings. The van der Waals surface area contributed by atoms with Crippen molar-refractivity contribution in [3.8, 4) is 0 Å². The normalized spacial score (nSPS) is 46.2. The summed E-state index contributed by atoms with van der Waals surface area (Å²) >= 11 is 0. The molecule has 0 spiro atoms. The number of carbonyl (C=O) groups is 1. The van der Waals surface area contributed by atoms with Gasteiger partial charge in [-0.1, -0.05) is 46.1 Å². The Morgan fingerprint density at radius 1 is 1.24 bits per heavy atom. The number of fused-ring (bicyclic) bond motifs is 2. The minimum absolute atomic E-state index is 0.0586. The van der Waals surface area contributed by atoms with Crippen LogP contribution in [0, 0.1) is 23.7 Å². The highest BCUT2D eigenvalue weighted by Gasteiger charge is 2.66. The second kappa shape index (κ2) is 10.2. The van der Waals surface area contributed by atoms with E-state index in [1.54, 1.807) is 0 Å². The van der Waals surface area contributed by atoms with Crippen molar-refractivity contribution >= 4 is 5.97 Å². The van der Waals surface area contributed by atoms with Gasteiger partial charge in [0, 0.05) is 18.8 Å². The molecule has 10 atom stereocenters. The van der Waals surface area contributed by atoms with E-state index in [1.807, 2.05) is 13.8 Å². The van der Waals surface area contributed by atoms with Crippen molar-refractivity contribution in [3.63, 3.8) is 0 Å². The molecule has 4 aliphatic rings.